The van der Waals surface area contributed by atoms with E-state index in [1.54, 1.807) is 0 Å². The molecule has 0 saturated heterocycles. The van der Waals surface area contributed by atoms with Gasteiger partial charge < -0.3 is 0 Å². The molecule has 4 aromatic heterocycles. The first kappa shape index (κ1) is 31.5. The molecule has 0 fully saturated rings. The Balaban J connectivity index is 0.981. The van der Waals surface area contributed by atoms with Crippen LogP contribution in [0, 0.1) is 0 Å². The van der Waals surface area contributed by atoms with Crippen molar-refractivity contribution in [2.45, 2.75) is 0 Å². The lowest BCUT2D eigenvalue weighted by Gasteiger charge is -2.13. The molecule has 12 aromatic rings. The standard InChI is InChI=1S/C51H32N6/c1-2-12-33(13-3-1)34-26-29-38(30-27-34)55-47-20-10-7-17-43(47)52-49(55)36-24-22-35(23-25-36)37-28-31-46-41(32-37)39-14-5-9-19-45(39)56(46)51-54-42-16-6-4-15-40(42)50-53-44-18-8-11-21-48(44)57(50)51/h1-32H. The maximum Gasteiger partial charge on any atom is 0.221 e. The number of nitrogens with zero attached hydrogens (tertiary/aromatic N) is 6. The van der Waals surface area contributed by atoms with Crippen LogP contribution in [0.5, 0.6) is 0 Å². The van der Waals surface area contributed by atoms with E-state index >= 15 is 0 Å². The Morgan fingerprint density at radius 1 is 0.316 bits per heavy atom. The van der Waals surface area contributed by atoms with E-state index < -0.39 is 0 Å². The summed E-state index contributed by atoms with van der Waals surface area (Å²) >= 11 is 0. The van der Waals surface area contributed by atoms with Gasteiger partial charge in [0.1, 0.15) is 11.5 Å². The molecule has 0 saturated carbocycles. The maximum atomic E-state index is 5.33. The molecular weight excluding hydrogens is 697 g/mol. The van der Waals surface area contributed by atoms with Gasteiger partial charge in [-0.25, -0.2) is 15.0 Å². The SMILES string of the molecule is c1ccc(-c2ccc(-n3c(-c4ccc(-c5ccc6c(c5)c5ccccc5n6-c5nc6ccccc6c6nc7ccccc7n56)cc4)nc4ccccc43)cc2)cc1. The second-order valence-corrected chi connectivity index (χ2v) is 14.5. The number of hydrogen-bond acceptors (Lipinski definition) is 3. The van der Waals surface area contributed by atoms with Crippen LogP contribution in [0.3, 0.4) is 0 Å². The van der Waals surface area contributed by atoms with Gasteiger partial charge in [-0.1, -0.05) is 127 Å². The van der Waals surface area contributed by atoms with Crippen molar-refractivity contribution >= 4 is 60.4 Å². The molecule has 0 amide bonds. The van der Waals surface area contributed by atoms with Crippen molar-refractivity contribution in [1.29, 1.82) is 0 Å². The minimum atomic E-state index is 0.818. The smallest absolute Gasteiger partial charge is 0.221 e. The monoisotopic (exact) mass is 728 g/mol. The molecule has 57 heavy (non-hydrogen) atoms. The maximum absolute atomic E-state index is 5.33. The van der Waals surface area contributed by atoms with E-state index in [-0.39, 0.29) is 0 Å². The predicted octanol–water partition coefficient (Wildman–Crippen LogP) is 12.5. The first-order valence-corrected chi connectivity index (χ1v) is 19.2. The van der Waals surface area contributed by atoms with Gasteiger partial charge >= 0.3 is 0 Å². The lowest BCUT2D eigenvalue weighted by molar-refractivity contribution is 0.979. The number of para-hydroxylation sites is 6. The van der Waals surface area contributed by atoms with Gasteiger partial charge in [0.25, 0.3) is 0 Å². The topological polar surface area (TPSA) is 52.9 Å². The summed E-state index contributed by atoms with van der Waals surface area (Å²) in [6, 6.07) is 68.4. The summed E-state index contributed by atoms with van der Waals surface area (Å²) in [6.07, 6.45) is 0. The van der Waals surface area contributed by atoms with E-state index in [4.69, 9.17) is 15.0 Å². The molecule has 4 heterocycles. The number of hydrogen-bond donors (Lipinski definition) is 0. The van der Waals surface area contributed by atoms with Crippen LogP contribution in [0.15, 0.2) is 194 Å². The molecular formula is C51H32N6. The van der Waals surface area contributed by atoms with Gasteiger partial charge in [-0.3, -0.25) is 13.5 Å². The highest BCUT2D eigenvalue weighted by molar-refractivity contribution is 6.11. The number of benzene rings is 8. The van der Waals surface area contributed by atoms with Crippen LogP contribution < -0.4 is 0 Å². The zero-order valence-corrected chi connectivity index (χ0v) is 30.7. The van der Waals surface area contributed by atoms with Gasteiger partial charge in [0.15, 0.2) is 0 Å². The van der Waals surface area contributed by atoms with E-state index in [2.05, 4.69) is 196 Å². The van der Waals surface area contributed by atoms with Gasteiger partial charge in [-0.15, -0.1) is 0 Å². The van der Waals surface area contributed by atoms with Gasteiger partial charge in [0.2, 0.25) is 5.95 Å². The highest BCUT2D eigenvalue weighted by atomic mass is 15.2. The number of imidazole rings is 2. The van der Waals surface area contributed by atoms with Crippen LogP contribution in [0.1, 0.15) is 0 Å². The summed E-state index contributed by atoms with van der Waals surface area (Å²) in [5.74, 6) is 1.73. The zero-order chi connectivity index (χ0) is 37.5. The fourth-order valence-electron chi connectivity index (χ4n) is 8.57. The minimum absolute atomic E-state index is 0.818. The molecule has 6 heteroatoms. The van der Waals surface area contributed by atoms with E-state index in [1.165, 1.54) is 21.9 Å². The first-order chi connectivity index (χ1) is 28.3. The van der Waals surface area contributed by atoms with Crippen molar-refractivity contribution in [3.8, 4) is 45.3 Å². The summed E-state index contributed by atoms with van der Waals surface area (Å²) in [4.78, 5) is 15.6. The molecule has 0 aliphatic rings. The van der Waals surface area contributed by atoms with Crippen molar-refractivity contribution in [2.24, 2.45) is 0 Å². The average Bonchev–Trinajstić information content (AvgIpc) is 3.97. The molecule has 0 aliphatic heterocycles. The highest BCUT2D eigenvalue weighted by Crippen LogP contribution is 2.37. The summed E-state index contributed by atoms with van der Waals surface area (Å²) in [5.41, 5.74) is 14.8. The van der Waals surface area contributed by atoms with E-state index in [1.807, 2.05) is 12.1 Å². The summed E-state index contributed by atoms with van der Waals surface area (Å²) < 4.78 is 6.77. The van der Waals surface area contributed by atoms with Crippen molar-refractivity contribution < 1.29 is 0 Å². The van der Waals surface area contributed by atoms with Crippen LogP contribution >= 0.6 is 0 Å². The first-order valence-electron chi connectivity index (χ1n) is 19.2. The highest BCUT2D eigenvalue weighted by Gasteiger charge is 2.21. The number of fused-ring (bicyclic) bond motifs is 9. The molecule has 0 unspecified atom stereocenters. The number of rotatable bonds is 5. The molecule has 0 spiro atoms. The van der Waals surface area contributed by atoms with Crippen LogP contribution in [-0.4, -0.2) is 28.5 Å². The van der Waals surface area contributed by atoms with Gasteiger partial charge in [0.05, 0.1) is 38.6 Å². The van der Waals surface area contributed by atoms with Crippen LogP contribution in [-0.2, 0) is 0 Å². The molecule has 266 valence electrons. The van der Waals surface area contributed by atoms with Crippen molar-refractivity contribution in [1.82, 2.24) is 28.5 Å². The van der Waals surface area contributed by atoms with E-state index in [9.17, 15) is 0 Å². The molecule has 0 bridgehead atoms. The Kier molecular flexibility index (Phi) is 6.83. The second-order valence-electron chi connectivity index (χ2n) is 14.5. The second kappa shape index (κ2) is 12.3. The fourth-order valence-corrected chi connectivity index (χ4v) is 8.57. The Labute approximate surface area is 327 Å². The summed E-state index contributed by atoms with van der Waals surface area (Å²) in [5, 5.41) is 3.37. The van der Waals surface area contributed by atoms with Crippen molar-refractivity contribution in [3.05, 3.63) is 194 Å². The molecule has 12 rings (SSSR count). The summed E-state index contributed by atoms with van der Waals surface area (Å²) in [7, 11) is 0. The third-order valence-electron chi connectivity index (χ3n) is 11.3. The predicted molar refractivity (Wildman–Crippen MR) is 233 cm³/mol. The third kappa shape index (κ3) is 4.87. The quantitative estimate of drug-likeness (QED) is 0.177. The van der Waals surface area contributed by atoms with Crippen LogP contribution in [0.4, 0.5) is 0 Å². The molecule has 6 nitrogen and oxygen atoms in total. The van der Waals surface area contributed by atoms with Gasteiger partial charge in [0, 0.05) is 27.4 Å². The molecule has 8 aromatic carbocycles. The Morgan fingerprint density at radius 3 is 1.65 bits per heavy atom. The van der Waals surface area contributed by atoms with E-state index in [0.29, 0.717) is 0 Å². The molecule has 0 aliphatic carbocycles. The largest absolute Gasteiger partial charge is 0.292 e. The average molecular weight is 729 g/mol. The third-order valence-corrected chi connectivity index (χ3v) is 11.3. The summed E-state index contributed by atoms with van der Waals surface area (Å²) in [6.45, 7) is 0. The Hall–Kier alpha value is -7.83. The van der Waals surface area contributed by atoms with Crippen LogP contribution in [0.25, 0.3) is 106 Å². The Morgan fingerprint density at radius 2 is 0.860 bits per heavy atom. The number of aromatic nitrogens is 6. The minimum Gasteiger partial charge on any atom is -0.292 e. The zero-order valence-electron chi connectivity index (χ0n) is 30.7. The lowest BCUT2D eigenvalue weighted by atomic mass is 10.0. The molecule has 0 radical (unpaired) electrons. The van der Waals surface area contributed by atoms with Crippen LogP contribution in [0.2, 0.25) is 0 Å². The van der Waals surface area contributed by atoms with Gasteiger partial charge in [-0.2, -0.15) is 0 Å². The lowest BCUT2D eigenvalue weighted by Crippen LogP contribution is -2.06. The van der Waals surface area contributed by atoms with Crippen molar-refractivity contribution in [3.63, 3.8) is 0 Å². The van der Waals surface area contributed by atoms with Crippen molar-refractivity contribution in [2.75, 3.05) is 0 Å². The van der Waals surface area contributed by atoms with Gasteiger partial charge in [-0.05, 0) is 89.0 Å². The fraction of sp³-hybridized carbons (Fsp3) is 0. The van der Waals surface area contributed by atoms with E-state index in [0.717, 1.165) is 83.8 Å². The normalized spacial score (nSPS) is 11.9. The molecule has 0 atom stereocenters. The Bertz CT molecular complexity index is 3500. The molecule has 0 N–H and O–H groups in total.